The van der Waals surface area contributed by atoms with Crippen molar-refractivity contribution in [2.75, 3.05) is 6.61 Å². The van der Waals surface area contributed by atoms with E-state index in [9.17, 15) is 5.11 Å². The summed E-state index contributed by atoms with van der Waals surface area (Å²) in [6, 6.07) is 13.6. The molecule has 0 amide bonds. The minimum absolute atomic E-state index is 0.105. The molecule has 0 radical (unpaired) electrons. The molecule has 0 bridgehead atoms. The molecule has 0 saturated heterocycles. The zero-order valence-corrected chi connectivity index (χ0v) is 13.9. The lowest BCUT2D eigenvalue weighted by Crippen LogP contribution is -2.13. The van der Waals surface area contributed by atoms with Crippen molar-refractivity contribution in [1.82, 2.24) is 0 Å². The summed E-state index contributed by atoms with van der Waals surface area (Å²) in [5.74, 6) is 0.105. The molecule has 0 saturated carbocycles. The average Bonchev–Trinajstić information content (AvgIpc) is 2.44. The summed E-state index contributed by atoms with van der Waals surface area (Å²) in [5, 5.41) is 10.9. The topological polar surface area (TPSA) is 20.2 Å². The third-order valence-electron chi connectivity index (χ3n) is 3.25. The maximum absolute atomic E-state index is 9.59. The van der Waals surface area contributed by atoms with E-state index in [-0.39, 0.29) is 12.5 Å². The molecule has 106 valence electrons. The molecule has 0 spiro atoms. The van der Waals surface area contributed by atoms with E-state index in [0.29, 0.717) is 16.5 Å². The van der Waals surface area contributed by atoms with Gasteiger partial charge in [-0.3, -0.25) is 0 Å². The number of hydrogen-bond donors (Lipinski definition) is 1. The largest absolute Gasteiger partial charge is 0.396 e. The highest BCUT2D eigenvalue weighted by Gasteiger charge is 2.14. The smallest absolute Gasteiger partial charge is 0.0465 e. The summed E-state index contributed by atoms with van der Waals surface area (Å²) < 4.78 is 1.05. The summed E-state index contributed by atoms with van der Waals surface area (Å²) in [6.45, 7) is 0.109. The summed E-state index contributed by atoms with van der Waals surface area (Å²) in [7, 11) is 0. The van der Waals surface area contributed by atoms with Crippen LogP contribution in [-0.4, -0.2) is 11.7 Å². The standard InChI is InChI=1S/C16H15BrCl2O/c17-13-6-4-11(5-7-13)8-12(10-20)9-14-15(18)2-1-3-16(14)19/h1-7,12,20H,8-10H2. The van der Waals surface area contributed by atoms with E-state index in [4.69, 9.17) is 23.2 Å². The van der Waals surface area contributed by atoms with Gasteiger partial charge in [0.25, 0.3) is 0 Å². The van der Waals surface area contributed by atoms with Crippen LogP contribution < -0.4 is 0 Å². The second kappa shape index (κ2) is 7.46. The average molecular weight is 374 g/mol. The highest BCUT2D eigenvalue weighted by Crippen LogP contribution is 2.28. The molecule has 0 aromatic heterocycles. The fourth-order valence-corrected chi connectivity index (χ4v) is 2.99. The normalized spacial score (nSPS) is 12.4. The Bertz CT molecular complexity index is 549. The highest BCUT2D eigenvalue weighted by atomic mass is 79.9. The van der Waals surface area contributed by atoms with Gasteiger partial charge in [0.05, 0.1) is 0 Å². The molecule has 2 aromatic carbocycles. The van der Waals surface area contributed by atoms with Crippen LogP contribution in [0, 0.1) is 5.92 Å². The Balaban J connectivity index is 2.11. The molecule has 0 fully saturated rings. The zero-order chi connectivity index (χ0) is 14.5. The number of hydrogen-bond acceptors (Lipinski definition) is 1. The zero-order valence-electron chi connectivity index (χ0n) is 10.8. The molecule has 1 nitrogen and oxygen atoms in total. The lowest BCUT2D eigenvalue weighted by Gasteiger charge is -2.16. The van der Waals surface area contributed by atoms with Gasteiger partial charge in [-0.2, -0.15) is 0 Å². The van der Waals surface area contributed by atoms with Crippen LogP contribution in [0.4, 0.5) is 0 Å². The SMILES string of the molecule is OCC(Cc1ccc(Br)cc1)Cc1c(Cl)cccc1Cl. The predicted molar refractivity (Wildman–Crippen MR) is 88.6 cm³/mol. The monoisotopic (exact) mass is 372 g/mol. The molecule has 4 heteroatoms. The quantitative estimate of drug-likeness (QED) is 0.768. The number of aliphatic hydroxyl groups excluding tert-OH is 1. The van der Waals surface area contributed by atoms with Crippen LogP contribution in [0.3, 0.4) is 0 Å². The maximum atomic E-state index is 9.59. The molecule has 2 aromatic rings. The van der Waals surface area contributed by atoms with E-state index in [1.807, 2.05) is 30.3 Å². The van der Waals surface area contributed by atoms with Crippen molar-refractivity contribution in [3.63, 3.8) is 0 Å². The van der Waals surface area contributed by atoms with Crippen molar-refractivity contribution in [2.24, 2.45) is 5.92 Å². The van der Waals surface area contributed by atoms with E-state index in [2.05, 4.69) is 28.1 Å². The van der Waals surface area contributed by atoms with Crippen LogP contribution in [0.2, 0.25) is 10.0 Å². The van der Waals surface area contributed by atoms with Gasteiger partial charge in [0, 0.05) is 21.1 Å². The molecular weight excluding hydrogens is 359 g/mol. The molecule has 2 rings (SSSR count). The molecule has 1 atom stereocenters. The lowest BCUT2D eigenvalue weighted by atomic mass is 9.93. The van der Waals surface area contributed by atoms with Crippen LogP contribution in [0.1, 0.15) is 11.1 Å². The van der Waals surface area contributed by atoms with Crippen LogP contribution in [0.5, 0.6) is 0 Å². The first kappa shape index (κ1) is 15.8. The van der Waals surface area contributed by atoms with Crippen molar-refractivity contribution in [3.05, 3.63) is 68.1 Å². The van der Waals surface area contributed by atoms with E-state index in [0.717, 1.165) is 16.5 Å². The number of benzene rings is 2. The number of halogens is 3. The van der Waals surface area contributed by atoms with Gasteiger partial charge in [-0.1, -0.05) is 57.3 Å². The minimum atomic E-state index is 0.105. The van der Waals surface area contributed by atoms with Gasteiger partial charge in [0.15, 0.2) is 0 Å². The molecule has 0 aliphatic heterocycles. The van der Waals surface area contributed by atoms with E-state index in [1.54, 1.807) is 0 Å². The molecule has 1 N–H and O–H groups in total. The van der Waals surface area contributed by atoms with Gasteiger partial charge in [-0.25, -0.2) is 0 Å². The fraction of sp³-hybridized carbons (Fsp3) is 0.250. The Morgan fingerprint density at radius 3 is 2.10 bits per heavy atom. The third kappa shape index (κ3) is 4.23. The van der Waals surface area contributed by atoms with Gasteiger partial charge in [-0.15, -0.1) is 0 Å². The second-order valence-corrected chi connectivity index (χ2v) is 6.51. The van der Waals surface area contributed by atoms with Gasteiger partial charge in [0.2, 0.25) is 0 Å². The molecule has 0 aliphatic rings. The summed E-state index contributed by atoms with van der Waals surface area (Å²) in [5.41, 5.74) is 2.10. The Hall–Kier alpha value is -0.540. The Labute approximate surface area is 137 Å². The van der Waals surface area contributed by atoms with Crippen LogP contribution in [0.15, 0.2) is 46.9 Å². The van der Waals surface area contributed by atoms with Gasteiger partial charge in [-0.05, 0) is 54.2 Å². The molecule has 0 heterocycles. The maximum Gasteiger partial charge on any atom is 0.0465 e. The van der Waals surface area contributed by atoms with Crippen molar-refractivity contribution >= 4 is 39.1 Å². The van der Waals surface area contributed by atoms with E-state index < -0.39 is 0 Å². The van der Waals surface area contributed by atoms with Gasteiger partial charge < -0.3 is 5.11 Å². The molecule has 1 unspecified atom stereocenters. The van der Waals surface area contributed by atoms with Crippen LogP contribution in [-0.2, 0) is 12.8 Å². The van der Waals surface area contributed by atoms with Crippen LogP contribution in [0.25, 0.3) is 0 Å². The fourth-order valence-electron chi connectivity index (χ4n) is 2.17. The van der Waals surface area contributed by atoms with Gasteiger partial charge in [0.1, 0.15) is 0 Å². The summed E-state index contributed by atoms with van der Waals surface area (Å²) in [6.07, 6.45) is 1.47. The van der Waals surface area contributed by atoms with Crippen molar-refractivity contribution in [2.45, 2.75) is 12.8 Å². The van der Waals surface area contributed by atoms with Crippen LogP contribution >= 0.6 is 39.1 Å². The Kier molecular flexibility index (Phi) is 5.91. The number of rotatable bonds is 5. The predicted octanol–water partition coefficient (Wildman–Crippen LogP) is 5.15. The molecule has 20 heavy (non-hydrogen) atoms. The highest BCUT2D eigenvalue weighted by molar-refractivity contribution is 9.10. The molecule has 0 aliphatic carbocycles. The van der Waals surface area contributed by atoms with Gasteiger partial charge >= 0.3 is 0 Å². The number of aliphatic hydroxyl groups is 1. The Morgan fingerprint density at radius 2 is 1.55 bits per heavy atom. The second-order valence-electron chi connectivity index (χ2n) is 4.78. The first-order valence-corrected chi connectivity index (χ1v) is 7.93. The Morgan fingerprint density at radius 1 is 0.950 bits per heavy atom. The van der Waals surface area contributed by atoms with Crippen molar-refractivity contribution < 1.29 is 5.11 Å². The minimum Gasteiger partial charge on any atom is -0.396 e. The summed E-state index contributed by atoms with van der Waals surface area (Å²) in [4.78, 5) is 0. The van der Waals surface area contributed by atoms with E-state index in [1.165, 1.54) is 5.56 Å². The third-order valence-corrected chi connectivity index (χ3v) is 4.49. The summed E-state index contributed by atoms with van der Waals surface area (Å²) >= 11 is 15.8. The van der Waals surface area contributed by atoms with Crippen molar-refractivity contribution in [1.29, 1.82) is 0 Å². The van der Waals surface area contributed by atoms with E-state index >= 15 is 0 Å². The van der Waals surface area contributed by atoms with Crippen molar-refractivity contribution in [3.8, 4) is 0 Å². The lowest BCUT2D eigenvalue weighted by molar-refractivity contribution is 0.225. The first-order valence-electron chi connectivity index (χ1n) is 6.38. The first-order chi connectivity index (χ1) is 9.60. The molecular formula is C16H15BrCl2O.